The van der Waals surface area contributed by atoms with Gasteiger partial charge >= 0.3 is 6.09 Å². The van der Waals surface area contributed by atoms with Gasteiger partial charge in [-0.1, -0.05) is 78.9 Å². The third-order valence-corrected chi connectivity index (χ3v) is 11.3. The largest absolute Gasteiger partial charge is 0.443 e. The Hall–Kier alpha value is -5.82. The van der Waals surface area contributed by atoms with Gasteiger partial charge in [-0.15, -0.1) is 0 Å². The number of benzene rings is 3. The van der Waals surface area contributed by atoms with Crippen LogP contribution in [0.3, 0.4) is 0 Å². The van der Waals surface area contributed by atoms with Crippen molar-refractivity contribution in [2.45, 2.75) is 108 Å². The van der Waals surface area contributed by atoms with E-state index in [9.17, 15) is 28.8 Å². The number of aromatic nitrogens is 1. The van der Waals surface area contributed by atoms with E-state index in [1.165, 1.54) is 4.57 Å². The molecule has 304 valence electrons. The van der Waals surface area contributed by atoms with Crippen LogP contribution in [0.4, 0.5) is 4.79 Å². The predicted octanol–water partition coefficient (Wildman–Crippen LogP) is 4.20. The highest BCUT2D eigenvalue weighted by Gasteiger charge is 2.52. The molecule has 1 aliphatic carbocycles. The van der Waals surface area contributed by atoms with Crippen LogP contribution in [-0.4, -0.2) is 87.3 Å². The normalized spacial score (nSPS) is 21.1. The van der Waals surface area contributed by atoms with Crippen LogP contribution in [0.15, 0.2) is 91.1 Å². The molecule has 4 aliphatic rings. The van der Waals surface area contributed by atoms with Gasteiger partial charge in [-0.25, -0.2) is 4.79 Å². The maximum Gasteiger partial charge on any atom is 0.419 e. The molecule has 1 aromatic heterocycles. The Labute approximate surface area is 338 Å². The molecule has 4 N–H and O–H groups in total. The number of rotatable bonds is 14. The zero-order valence-corrected chi connectivity index (χ0v) is 33.2. The fourth-order valence-electron chi connectivity index (χ4n) is 8.60. The molecule has 58 heavy (non-hydrogen) atoms. The number of carbonyl (C=O) groups excluding carboxylic acids is 6. The highest BCUT2D eigenvalue weighted by Crippen LogP contribution is 2.41. The summed E-state index contributed by atoms with van der Waals surface area (Å²) in [5.74, 6) is -1.91. The second-order valence-electron chi connectivity index (χ2n) is 16.7. The first-order chi connectivity index (χ1) is 27.8. The number of fused-ring (bicyclic) bond motifs is 3. The van der Waals surface area contributed by atoms with Gasteiger partial charge in [-0.2, -0.15) is 0 Å². The maximum atomic E-state index is 14.5. The molecule has 3 saturated heterocycles. The summed E-state index contributed by atoms with van der Waals surface area (Å²) in [6, 6.07) is 22.4. The minimum absolute atomic E-state index is 0.0179. The summed E-state index contributed by atoms with van der Waals surface area (Å²) in [7, 11) is 0. The molecule has 4 atom stereocenters. The molecule has 0 radical (unpaired) electrons. The molecule has 2 bridgehead atoms. The number of para-hydroxylation sites is 1. The first-order valence-corrected chi connectivity index (χ1v) is 20.2. The summed E-state index contributed by atoms with van der Waals surface area (Å²) in [4.78, 5) is 84.4. The van der Waals surface area contributed by atoms with Gasteiger partial charge < -0.3 is 30.9 Å². The average molecular weight is 789 g/mol. The van der Waals surface area contributed by atoms with Gasteiger partial charge in [0.05, 0.1) is 24.5 Å². The molecular formula is C45H52N6O7. The molecule has 0 unspecified atom stereocenters. The van der Waals surface area contributed by atoms with Crippen LogP contribution in [0.5, 0.6) is 0 Å². The first-order valence-electron chi connectivity index (χ1n) is 20.2. The first kappa shape index (κ1) is 40.4. The third kappa shape index (κ3) is 9.31. The number of piperidine rings is 2. The fourth-order valence-corrected chi connectivity index (χ4v) is 8.60. The monoisotopic (exact) mass is 788 g/mol. The number of nitrogens with zero attached hydrogens (tertiary/aromatic N) is 2. The second-order valence-corrected chi connectivity index (χ2v) is 16.7. The van der Waals surface area contributed by atoms with E-state index in [0.717, 1.165) is 36.8 Å². The molecule has 4 heterocycles. The molecular weight excluding hydrogens is 737 g/mol. The maximum absolute atomic E-state index is 14.5. The van der Waals surface area contributed by atoms with Crippen molar-refractivity contribution in [2.75, 3.05) is 6.54 Å². The highest BCUT2D eigenvalue weighted by atomic mass is 16.6. The van der Waals surface area contributed by atoms with Crippen LogP contribution in [0.1, 0.15) is 69.6 Å². The summed E-state index contributed by atoms with van der Waals surface area (Å²) >= 11 is 0. The minimum atomic E-state index is -1.23. The van der Waals surface area contributed by atoms with Gasteiger partial charge in [0.15, 0.2) is 5.78 Å². The number of ether oxygens (including phenoxy) is 1. The molecule has 13 heteroatoms. The lowest BCUT2D eigenvalue weighted by atomic mass is 9.73. The van der Waals surface area contributed by atoms with Crippen molar-refractivity contribution in [1.82, 2.24) is 30.7 Å². The van der Waals surface area contributed by atoms with Gasteiger partial charge in [-0.05, 0) is 81.5 Å². The lowest BCUT2D eigenvalue weighted by Gasteiger charge is -2.53. The summed E-state index contributed by atoms with van der Waals surface area (Å²) in [5.41, 5.74) is 2.20. The molecule has 4 fully saturated rings. The number of carbonyl (C=O) groups is 6. The minimum Gasteiger partial charge on any atom is -0.443 e. The van der Waals surface area contributed by atoms with Crippen LogP contribution in [0.2, 0.25) is 0 Å². The van der Waals surface area contributed by atoms with E-state index < -0.39 is 47.7 Å². The molecule has 1 saturated carbocycles. The summed E-state index contributed by atoms with van der Waals surface area (Å²) in [5, 5.41) is 12.4. The van der Waals surface area contributed by atoms with Crippen molar-refractivity contribution in [3.63, 3.8) is 0 Å². The van der Waals surface area contributed by atoms with Crippen LogP contribution in [0.25, 0.3) is 10.9 Å². The number of hydrogen-bond donors (Lipinski definition) is 4. The zero-order valence-electron chi connectivity index (χ0n) is 33.2. The standard InChI is InChI=1S/C45H52N6O7/c1-45(2,3)58-44(57)50-27-31(33-16-10-11-17-37(33)50)23-35(47-39(53)24-36-43(56)51-32-20-18-30(19-21-32)40(51)42(55)49-36)41(54)48-34(22-28-12-6-4-7-13-28)38(52)26-46-25-29-14-8-5-9-15-29/h4-17,27,30,32,34-36,40,46H,18-26H2,1-3H3,(H,47,53)(H,48,54)(H,49,55)/t30?,32?,34-,35+,36-,40-/m0/s1. The van der Waals surface area contributed by atoms with Crippen LogP contribution in [0, 0.1) is 5.92 Å². The van der Waals surface area contributed by atoms with E-state index in [1.54, 1.807) is 44.0 Å². The Morgan fingerprint density at radius 2 is 1.47 bits per heavy atom. The number of Topliss-reactive ketones (excluding diaryl/α,β-unsaturated/α-hetero) is 1. The van der Waals surface area contributed by atoms with Gasteiger partial charge in [0.2, 0.25) is 23.6 Å². The van der Waals surface area contributed by atoms with E-state index >= 15 is 0 Å². The smallest absolute Gasteiger partial charge is 0.419 e. The Morgan fingerprint density at radius 1 is 0.810 bits per heavy atom. The lowest BCUT2D eigenvalue weighted by molar-refractivity contribution is -0.163. The highest BCUT2D eigenvalue weighted by molar-refractivity contribution is 6.01. The van der Waals surface area contributed by atoms with Crippen LogP contribution in [-0.2, 0) is 48.1 Å². The molecule has 4 aromatic rings. The number of amides is 4. The molecule has 13 nitrogen and oxygen atoms in total. The SMILES string of the molecule is CC(C)(C)OC(=O)n1cc(C[C@@H](NC(=O)C[C@@H]2NC(=O)[C@@H]3C4CCC(CC4)N3C2=O)C(=O)N[C@@H](Cc2ccccc2)C(=O)CNCc2ccccc2)c2ccccc21. The molecule has 8 rings (SSSR count). The van der Waals surface area contributed by atoms with E-state index in [2.05, 4.69) is 21.3 Å². The molecule has 4 amide bonds. The van der Waals surface area contributed by atoms with E-state index in [-0.39, 0.29) is 55.4 Å². The van der Waals surface area contributed by atoms with Crippen molar-refractivity contribution in [2.24, 2.45) is 5.92 Å². The second kappa shape index (κ2) is 17.4. The Balaban J connectivity index is 1.14. The number of piperazine rings is 1. The number of nitrogens with one attached hydrogen (secondary N) is 4. The van der Waals surface area contributed by atoms with Gasteiger partial charge in [-0.3, -0.25) is 28.5 Å². The van der Waals surface area contributed by atoms with Crippen LogP contribution >= 0.6 is 0 Å². The van der Waals surface area contributed by atoms with Gasteiger partial charge in [0.1, 0.15) is 23.7 Å². The van der Waals surface area contributed by atoms with Crippen molar-refractivity contribution in [1.29, 1.82) is 0 Å². The average Bonchev–Trinajstić information content (AvgIpc) is 3.58. The molecule has 3 aliphatic heterocycles. The van der Waals surface area contributed by atoms with Crippen LogP contribution < -0.4 is 21.3 Å². The quantitative estimate of drug-likeness (QED) is 0.148. The third-order valence-electron chi connectivity index (χ3n) is 11.3. The summed E-state index contributed by atoms with van der Waals surface area (Å²) in [6.07, 6.45) is 4.24. The summed E-state index contributed by atoms with van der Waals surface area (Å²) in [6.45, 7) is 5.75. The molecule has 0 spiro atoms. The van der Waals surface area contributed by atoms with Gasteiger partial charge in [0, 0.05) is 30.6 Å². The van der Waals surface area contributed by atoms with Gasteiger partial charge in [0.25, 0.3) is 0 Å². The zero-order chi connectivity index (χ0) is 41.0. The number of ketones is 1. The van der Waals surface area contributed by atoms with Crippen molar-refractivity contribution >= 4 is 46.4 Å². The Kier molecular flexibility index (Phi) is 12.1. The topological polar surface area (TPSA) is 168 Å². The predicted molar refractivity (Wildman–Crippen MR) is 217 cm³/mol. The fraction of sp³-hybridized carbons (Fsp3) is 0.422. The van der Waals surface area contributed by atoms with E-state index in [4.69, 9.17) is 4.74 Å². The van der Waals surface area contributed by atoms with Crippen molar-refractivity contribution in [3.8, 4) is 0 Å². The number of hydrogen-bond acceptors (Lipinski definition) is 8. The summed E-state index contributed by atoms with van der Waals surface area (Å²) < 4.78 is 7.06. The molecule has 3 aromatic carbocycles. The van der Waals surface area contributed by atoms with Crippen molar-refractivity contribution in [3.05, 3.63) is 108 Å². The van der Waals surface area contributed by atoms with E-state index in [0.29, 0.717) is 23.0 Å². The lowest BCUT2D eigenvalue weighted by Crippen LogP contribution is -2.71. The Bertz CT molecular complexity index is 2160. The Morgan fingerprint density at radius 3 is 2.16 bits per heavy atom. The van der Waals surface area contributed by atoms with Crippen molar-refractivity contribution < 1.29 is 33.5 Å². The van der Waals surface area contributed by atoms with E-state index in [1.807, 2.05) is 72.8 Å².